The zero-order valence-electron chi connectivity index (χ0n) is 15.3. The lowest BCUT2D eigenvalue weighted by Gasteiger charge is -2.32. The second-order valence-corrected chi connectivity index (χ2v) is 6.35. The van der Waals surface area contributed by atoms with E-state index < -0.39 is 11.6 Å². The lowest BCUT2D eigenvalue weighted by molar-refractivity contribution is -0.122. The number of hydrogen-bond acceptors (Lipinski definition) is 3. The van der Waals surface area contributed by atoms with E-state index in [2.05, 4.69) is 25.8 Å². The molecule has 0 spiro atoms. The lowest BCUT2D eigenvalue weighted by Crippen LogP contribution is -2.50. The van der Waals surface area contributed by atoms with Gasteiger partial charge in [-0.25, -0.2) is 8.78 Å². The van der Waals surface area contributed by atoms with Crippen LogP contribution in [0.15, 0.2) is 23.2 Å². The Labute approximate surface area is 153 Å². The maximum Gasteiger partial charge on any atom is 0.233 e. The van der Waals surface area contributed by atoms with Crippen molar-refractivity contribution in [2.75, 3.05) is 40.3 Å². The molecule has 1 saturated heterocycles. The Balaban J connectivity index is 1.73. The van der Waals surface area contributed by atoms with Crippen LogP contribution in [-0.2, 0) is 11.2 Å². The molecule has 26 heavy (non-hydrogen) atoms. The number of benzene rings is 1. The number of piperidine rings is 1. The number of likely N-dealkylation sites (tertiary alicyclic amines) is 1. The highest BCUT2D eigenvalue weighted by Crippen LogP contribution is 2.11. The number of amides is 1. The van der Waals surface area contributed by atoms with Gasteiger partial charge in [0.25, 0.3) is 0 Å². The van der Waals surface area contributed by atoms with Crippen molar-refractivity contribution in [2.24, 2.45) is 4.99 Å². The quantitative estimate of drug-likeness (QED) is 0.516. The predicted octanol–water partition coefficient (Wildman–Crippen LogP) is 0.883. The Kier molecular flexibility index (Phi) is 7.77. The summed E-state index contributed by atoms with van der Waals surface area (Å²) in [7, 11) is 3.32. The van der Waals surface area contributed by atoms with Crippen molar-refractivity contribution >= 4 is 11.9 Å². The van der Waals surface area contributed by atoms with Crippen LogP contribution in [0.25, 0.3) is 0 Å². The van der Waals surface area contributed by atoms with Crippen LogP contribution in [-0.4, -0.2) is 63.1 Å². The van der Waals surface area contributed by atoms with Gasteiger partial charge in [-0.3, -0.25) is 14.7 Å². The third-order valence-corrected chi connectivity index (χ3v) is 4.49. The average molecular weight is 367 g/mol. The van der Waals surface area contributed by atoms with Crippen molar-refractivity contribution in [1.82, 2.24) is 20.9 Å². The summed E-state index contributed by atoms with van der Waals surface area (Å²) in [6.45, 7) is 2.57. The Bertz CT molecular complexity index is 630. The molecule has 3 N–H and O–H groups in total. The summed E-state index contributed by atoms with van der Waals surface area (Å²) in [6.07, 6.45) is 2.20. The van der Waals surface area contributed by atoms with Crippen LogP contribution in [0.2, 0.25) is 0 Å². The number of aliphatic imine (C=N–C) groups is 1. The van der Waals surface area contributed by atoms with E-state index in [0.717, 1.165) is 38.1 Å². The molecule has 1 aliphatic heterocycles. The van der Waals surface area contributed by atoms with Crippen LogP contribution in [0.5, 0.6) is 0 Å². The van der Waals surface area contributed by atoms with Crippen LogP contribution in [0, 0.1) is 11.6 Å². The molecule has 0 radical (unpaired) electrons. The Morgan fingerprint density at radius 1 is 1.31 bits per heavy atom. The van der Waals surface area contributed by atoms with Gasteiger partial charge in [0.15, 0.2) is 5.96 Å². The van der Waals surface area contributed by atoms with E-state index in [9.17, 15) is 13.6 Å². The van der Waals surface area contributed by atoms with E-state index in [1.807, 2.05) is 0 Å². The number of rotatable bonds is 6. The summed E-state index contributed by atoms with van der Waals surface area (Å²) < 4.78 is 26.8. The van der Waals surface area contributed by atoms with Crippen LogP contribution < -0.4 is 16.0 Å². The molecule has 8 heteroatoms. The highest BCUT2D eigenvalue weighted by Gasteiger charge is 2.21. The van der Waals surface area contributed by atoms with E-state index in [1.165, 1.54) is 6.07 Å². The Morgan fingerprint density at radius 2 is 2.04 bits per heavy atom. The number of nitrogens with zero attached hydrogens (tertiary/aromatic N) is 2. The van der Waals surface area contributed by atoms with Gasteiger partial charge >= 0.3 is 0 Å². The van der Waals surface area contributed by atoms with E-state index in [4.69, 9.17) is 0 Å². The van der Waals surface area contributed by atoms with E-state index in [-0.39, 0.29) is 11.9 Å². The topological polar surface area (TPSA) is 68.8 Å². The number of hydrogen-bond donors (Lipinski definition) is 3. The molecule has 0 saturated carbocycles. The van der Waals surface area contributed by atoms with E-state index >= 15 is 0 Å². The number of carbonyl (C=O) groups is 1. The second-order valence-electron chi connectivity index (χ2n) is 6.35. The largest absolute Gasteiger partial charge is 0.358 e. The number of carbonyl (C=O) groups excluding carboxylic acids is 1. The van der Waals surface area contributed by atoms with Crippen molar-refractivity contribution in [3.8, 4) is 0 Å². The fourth-order valence-corrected chi connectivity index (χ4v) is 2.96. The predicted molar refractivity (Wildman–Crippen MR) is 98.1 cm³/mol. The van der Waals surface area contributed by atoms with Gasteiger partial charge in [-0.1, -0.05) is 0 Å². The minimum atomic E-state index is -0.438. The van der Waals surface area contributed by atoms with Crippen molar-refractivity contribution < 1.29 is 13.6 Å². The zero-order valence-corrected chi connectivity index (χ0v) is 15.3. The molecule has 144 valence electrons. The molecular weight excluding hydrogens is 340 g/mol. The molecule has 0 atom stereocenters. The van der Waals surface area contributed by atoms with E-state index in [0.29, 0.717) is 31.0 Å². The summed E-state index contributed by atoms with van der Waals surface area (Å²) in [6, 6.07) is 3.75. The summed E-state index contributed by atoms with van der Waals surface area (Å²) in [5.41, 5.74) is 0.343. The number of nitrogens with one attached hydrogen (secondary N) is 3. The second kappa shape index (κ2) is 10.1. The third-order valence-electron chi connectivity index (χ3n) is 4.49. The van der Waals surface area contributed by atoms with Crippen molar-refractivity contribution in [3.05, 3.63) is 35.4 Å². The number of likely N-dealkylation sites (N-methyl/N-ethyl adjacent to an activating group) is 1. The number of halogens is 2. The van der Waals surface area contributed by atoms with Gasteiger partial charge in [-0.15, -0.1) is 0 Å². The molecule has 0 unspecified atom stereocenters. The van der Waals surface area contributed by atoms with Crippen LogP contribution in [0.3, 0.4) is 0 Å². The molecule has 1 aromatic rings. The third kappa shape index (κ3) is 6.25. The molecule has 0 aliphatic carbocycles. The Hall–Kier alpha value is -2.22. The van der Waals surface area contributed by atoms with Crippen LogP contribution in [0.1, 0.15) is 18.4 Å². The van der Waals surface area contributed by atoms with Gasteiger partial charge in [0.05, 0.1) is 6.54 Å². The molecule has 1 fully saturated rings. The molecule has 6 nitrogen and oxygen atoms in total. The maximum absolute atomic E-state index is 13.6. The minimum absolute atomic E-state index is 0.0264. The molecule has 1 aliphatic rings. The summed E-state index contributed by atoms with van der Waals surface area (Å²) in [5, 5.41) is 9.12. The highest BCUT2D eigenvalue weighted by molar-refractivity contribution is 5.80. The fourth-order valence-electron chi connectivity index (χ4n) is 2.96. The monoisotopic (exact) mass is 367 g/mol. The van der Waals surface area contributed by atoms with Crippen LogP contribution >= 0.6 is 0 Å². The molecular formula is C18H27F2N5O. The number of guanidine groups is 1. The SMILES string of the molecule is CN=C(NCCc1cc(F)ccc1F)NC1CCN(CC(=O)NC)CC1. The average Bonchev–Trinajstić information content (AvgIpc) is 2.65. The van der Waals surface area contributed by atoms with Gasteiger partial charge < -0.3 is 16.0 Å². The normalized spacial score (nSPS) is 16.4. The highest BCUT2D eigenvalue weighted by atomic mass is 19.1. The Morgan fingerprint density at radius 3 is 2.69 bits per heavy atom. The molecule has 0 aromatic heterocycles. The van der Waals surface area contributed by atoms with Crippen molar-refractivity contribution in [1.29, 1.82) is 0 Å². The summed E-state index contributed by atoms with van der Waals surface area (Å²) >= 11 is 0. The first kappa shape index (κ1) is 20.1. The van der Waals surface area contributed by atoms with Crippen LogP contribution in [0.4, 0.5) is 8.78 Å². The molecule has 1 heterocycles. The van der Waals surface area contributed by atoms with Crippen molar-refractivity contribution in [2.45, 2.75) is 25.3 Å². The van der Waals surface area contributed by atoms with Gasteiger partial charge in [0.2, 0.25) is 5.91 Å². The van der Waals surface area contributed by atoms with E-state index in [1.54, 1.807) is 14.1 Å². The van der Waals surface area contributed by atoms with Gasteiger partial charge in [0, 0.05) is 39.8 Å². The summed E-state index contributed by atoms with van der Waals surface area (Å²) in [5.74, 6) is -0.169. The molecule has 1 amide bonds. The fraction of sp³-hybridized carbons (Fsp3) is 0.556. The standard InChI is InChI=1S/C18H27F2N5O/c1-21-17(26)12-25-9-6-15(7-10-25)24-18(22-2)23-8-5-13-11-14(19)3-4-16(13)20/h3-4,11,15H,5-10,12H2,1-2H3,(H,21,26)(H2,22,23,24). The lowest BCUT2D eigenvalue weighted by atomic mass is 10.1. The maximum atomic E-state index is 13.6. The minimum Gasteiger partial charge on any atom is -0.358 e. The van der Waals surface area contributed by atoms with Gasteiger partial charge in [-0.2, -0.15) is 0 Å². The zero-order chi connectivity index (χ0) is 18.9. The first-order valence-electron chi connectivity index (χ1n) is 8.86. The first-order chi connectivity index (χ1) is 12.5. The van der Waals surface area contributed by atoms with Gasteiger partial charge in [-0.05, 0) is 43.0 Å². The molecule has 1 aromatic carbocycles. The first-order valence-corrected chi connectivity index (χ1v) is 8.86. The smallest absolute Gasteiger partial charge is 0.233 e. The summed E-state index contributed by atoms with van der Waals surface area (Å²) in [4.78, 5) is 17.7. The van der Waals surface area contributed by atoms with Crippen molar-refractivity contribution in [3.63, 3.8) is 0 Å². The molecule has 0 bridgehead atoms. The van der Waals surface area contributed by atoms with Gasteiger partial charge in [0.1, 0.15) is 11.6 Å². The molecule has 2 rings (SSSR count).